The SMILES string of the molecule is Cc1c2ccc3c4c[n+]5ccccc5c(C)c4ccc3c2c[n+]2ccccc12. The number of benzene rings is 2. The van der Waals surface area contributed by atoms with Crippen molar-refractivity contribution in [1.29, 1.82) is 0 Å². The van der Waals surface area contributed by atoms with Crippen LogP contribution in [0.3, 0.4) is 0 Å². The lowest BCUT2D eigenvalue weighted by Crippen LogP contribution is -2.21. The third-order valence-corrected chi connectivity index (χ3v) is 6.18. The van der Waals surface area contributed by atoms with E-state index in [0.29, 0.717) is 0 Å². The van der Waals surface area contributed by atoms with Gasteiger partial charge in [0.2, 0.25) is 11.0 Å². The molecule has 6 aromatic rings. The standard InChI is InChI=1S/C26H20N2/c1-17-19-9-11-22-21(23(19)15-27-13-5-3-7-25(17)27)12-10-20-18(2)26-8-4-6-14-28(26)16-24(20)22/h3-16H,1-2H3/q+2. The van der Waals surface area contributed by atoms with Crippen LogP contribution in [0.15, 0.2) is 85.5 Å². The Morgan fingerprint density at radius 2 is 0.893 bits per heavy atom. The molecule has 0 unspecified atom stereocenters. The second kappa shape index (κ2) is 5.49. The van der Waals surface area contributed by atoms with Gasteiger partial charge in [-0.25, -0.2) is 0 Å². The monoisotopic (exact) mass is 360 g/mol. The number of aryl methyl sites for hydroxylation is 2. The lowest BCUT2D eigenvalue weighted by molar-refractivity contribution is -0.510. The van der Waals surface area contributed by atoms with Gasteiger partial charge >= 0.3 is 0 Å². The fraction of sp³-hybridized carbons (Fsp3) is 0.0769. The molecule has 0 fully saturated rings. The van der Waals surface area contributed by atoms with Crippen LogP contribution in [0.5, 0.6) is 0 Å². The molecule has 0 amide bonds. The van der Waals surface area contributed by atoms with E-state index < -0.39 is 0 Å². The highest BCUT2D eigenvalue weighted by Crippen LogP contribution is 2.33. The van der Waals surface area contributed by atoms with Crippen LogP contribution in [0.25, 0.3) is 43.4 Å². The summed E-state index contributed by atoms with van der Waals surface area (Å²) in [7, 11) is 0. The summed E-state index contributed by atoms with van der Waals surface area (Å²) in [5.74, 6) is 0. The number of pyridine rings is 4. The van der Waals surface area contributed by atoms with Gasteiger partial charge in [-0.2, -0.15) is 8.80 Å². The van der Waals surface area contributed by atoms with Gasteiger partial charge in [-0.1, -0.05) is 24.3 Å². The Kier molecular flexibility index (Phi) is 3.05. The predicted octanol–water partition coefficient (Wildman–Crippen LogP) is 5.24. The van der Waals surface area contributed by atoms with Crippen LogP contribution >= 0.6 is 0 Å². The molecule has 2 nitrogen and oxygen atoms in total. The van der Waals surface area contributed by atoms with Crippen molar-refractivity contribution in [3.63, 3.8) is 0 Å². The summed E-state index contributed by atoms with van der Waals surface area (Å²) in [6.45, 7) is 4.44. The first kappa shape index (κ1) is 15.5. The summed E-state index contributed by atoms with van der Waals surface area (Å²) >= 11 is 0. The van der Waals surface area contributed by atoms with Gasteiger partial charge in [0.05, 0.1) is 10.8 Å². The van der Waals surface area contributed by atoms with Gasteiger partial charge in [0.15, 0.2) is 24.8 Å². The smallest absolute Gasteiger partial charge is 0.166 e. The van der Waals surface area contributed by atoms with E-state index in [1.54, 1.807) is 0 Å². The summed E-state index contributed by atoms with van der Waals surface area (Å²) in [5.41, 5.74) is 5.16. The topological polar surface area (TPSA) is 8.20 Å². The third-order valence-electron chi connectivity index (χ3n) is 6.18. The molecule has 0 aliphatic rings. The zero-order chi connectivity index (χ0) is 18.8. The second-order valence-corrected chi connectivity index (χ2v) is 7.64. The Morgan fingerprint density at radius 3 is 1.36 bits per heavy atom. The highest BCUT2D eigenvalue weighted by molar-refractivity contribution is 6.18. The van der Waals surface area contributed by atoms with E-state index in [2.05, 4.69) is 108 Å². The Labute approximate surface area is 162 Å². The average Bonchev–Trinajstić information content (AvgIpc) is 2.74. The van der Waals surface area contributed by atoms with Crippen LogP contribution in [0.4, 0.5) is 0 Å². The Bertz CT molecular complexity index is 1460. The van der Waals surface area contributed by atoms with E-state index in [0.717, 1.165) is 0 Å². The summed E-state index contributed by atoms with van der Waals surface area (Å²) in [4.78, 5) is 0. The van der Waals surface area contributed by atoms with Crippen molar-refractivity contribution in [3.05, 3.63) is 96.6 Å². The zero-order valence-electron chi connectivity index (χ0n) is 16.0. The first-order valence-corrected chi connectivity index (χ1v) is 9.71. The van der Waals surface area contributed by atoms with E-state index in [4.69, 9.17) is 0 Å². The summed E-state index contributed by atoms with van der Waals surface area (Å²) < 4.78 is 4.48. The van der Waals surface area contributed by atoms with Gasteiger partial charge in [0.25, 0.3) is 0 Å². The first-order valence-electron chi connectivity index (χ1n) is 9.71. The van der Waals surface area contributed by atoms with Gasteiger partial charge < -0.3 is 0 Å². The highest BCUT2D eigenvalue weighted by atomic mass is 14.8. The molecule has 0 saturated carbocycles. The average molecular weight is 360 g/mol. The van der Waals surface area contributed by atoms with Gasteiger partial charge in [-0.05, 0) is 47.5 Å². The molecule has 0 N–H and O–H groups in total. The largest absolute Gasteiger partial charge is 0.214 e. The molecular formula is C26H20N2+2. The van der Waals surface area contributed by atoms with Crippen LogP contribution < -0.4 is 8.80 Å². The van der Waals surface area contributed by atoms with Gasteiger partial charge in [0, 0.05) is 35.4 Å². The summed E-state index contributed by atoms with van der Waals surface area (Å²) in [5, 5.41) is 7.86. The van der Waals surface area contributed by atoms with Crippen LogP contribution in [0.1, 0.15) is 11.1 Å². The van der Waals surface area contributed by atoms with Crippen molar-refractivity contribution in [2.45, 2.75) is 13.8 Å². The Balaban J connectivity index is 1.84. The molecule has 0 saturated heterocycles. The van der Waals surface area contributed by atoms with E-state index in [9.17, 15) is 0 Å². The molecule has 2 heteroatoms. The van der Waals surface area contributed by atoms with Crippen molar-refractivity contribution in [2.75, 3.05) is 0 Å². The van der Waals surface area contributed by atoms with E-state index in [1.165, 1.54) is 54.5 Å². The molecule has 0 spiro atoms. The normalized spacial score (nSPS) is 11.9. The molecule has 0 radical (unpaired) electrons. The fourth-order valence-corrected chi connectivity index (χ4v) is 4.71. The molecule has 0 aliphatic carbocycles. The van der Waals surface area contributed by atoms with Crippen LogP contribution in [0, 0.1) is 13.8 Å². The molecule has 28 heavy (non-hydrogen) atoms. The molecule has 0 bridgehead atoms. The number of nitrogens with zero attached hydrogens (tertiary/aromatic N) is 2. The summed E-state index contributed by atoms with van der Waals surface area (Å²) in [6, 6.07) is 21.9. The Morgan fingerprint density at radius 1 is 0.464 bits per heavy atom. The number of fused-ring (bicyclic) bond motifs is 7. The van der Waals surface area contributed by atoms with E-state index >= 15 is 0 Å². The molecule has 4 heterocycles. The zero-order valence-corrected chi connectivity index (χ0v) is 16.0. The molecule has 2 aromatic carbocycles. The minimum absolute atomic E-state index is 1.26. The van der Waals surface area contributed by atoms with Crippen molar-refractivity contribution >= 4 is 43.4 Å². The maximum atomic E-state index is 2.29. The van der Waals surface area contributed by atoms with Crippen LogP contribution in [0.2, 0.25) is 0 Å². The minimum Gasteiger partial charge on any atom is -0.166 e. The second-order valence-electron chi connectivity index (χ2n) is 7.64. The molecule has 0 aliphatic heterocycles. The van der Waals surface area contributed by atoms with Crippen molar-refractivity contribution in [2.24, 2.45) is 0 Å². The maximum absolute atomic E-state index is 2.29. The van der Waals surface area contributed by atoms with Crippen molar-refractivity contribution < 1.29 is 8.80 Å². The number of hydrogen-bond donors (Lipinski definition) is 0. The molecular weight excluding hydrogens is 340 g/mol. The molecule has 6 rings (SSSR count). The van der Waals surface area contributed by atoms with E-state index in [-0.39, 0.29) is 0 Å². The lowest BCUT2D eigenvalue weighted by atomic mass is 9.95. The number of hydrogen-bond acceptors (Lipinski definition) is 0. The molecule has 0 atom stereocenters. The number of aromatic nitrogens is 2. The van der Waals surface area contributed by atoms with E-state index in [1.807, 2.05) is 0 Å². The van der Waals surface area contributed by atoms with Gasteiger partial charge in [0.1, 0.15) is 0 Å². The van der Waals surface area contributed by atoms with Crippen LogP contribution in [-0.4, -0.2) is 0 Å². The molecule has 4 aromatic heterocycles. The molecule has 132 valence electrons. The van der Waals surface area contributed by atoms with Crippen molar-refractivity contribution in [3.8, 4) is 0 Å². The predicted molar refractivity (Wildman–Crippen MR) is 115 cm³/mol. The summed E-state index contributed by atoms with van der Waals surface area (Å²) in [6.07, 6.45) is 8.81. The van der Waals surface area contributed by atoms with Gasteiger partial charge in [-0.15, -0.1) is 0 Å². The minimum atomic E-state index is 1.26. The third kappa shape index (κ3) is 1.97. The number of rotatable bonds is 0. The first-order chi connectivity index (χ1) is 13.7. The van der Waals surface area contributed by atoms with Crippen LogP contribution in [-0.2, 0) is 0 Å². The lowest BCUT2D eigenvalue weighted by Gasteiger charge is -2.09. The Hall–Kier alpha value is -3.52. The maximum Gasteiger partial charge on any atom is 0.214 e. The highest BCUT2D eigenvalue weighted by Gasteiger charge is 2.16. The van der Waals surface area contributed by atoms with Gasteiger partial charge in [-0.3, -0.25) is 0 Å². The van der Waals surface area contributed by atoms with Crippen molar-refractivity contribution in [1.82, 2.24) is 0 Å². The fourth-order valence-electron chi connectivity index (χ4n) is 4.71. The quantitative estimate of drug-likeness (QED) is 0.199.